The lowest BCUT2D eigenvalue weighted by Crippen LogP contribution is -2.38. The van der Waals surface area contributed by atoms with E-state index in [2.05, 4.69) is 5.32 Å². The molecule has 1 fully saturated rings. The summed E-state index contributed by atoms with van der Waals surface area (Å²) in [6.45, 7) is 0.170. The highest BCUT2D eigenvalue weighted by Crippen LogP contribution is 2.34. The predicted octanol–water partition coefficient (Wildman–Crippen LogP) is 3.63. The van der Waals surface area contributed by atoms with Crippen molar-refractivity contribution in [3.63, 3.8) is 0 Å². The molecule has 1 aromatic carbocycles. The van der Waals surface area contributed by atoms with Crippen molar-refractivity contribution in [1.82, 2.24) is 5.32 Å². The molecule has 5 heteroatoms. The molecule has 0 aliphatic heterocycles. The molecule has 0 radical (unpaired) electrons. The Morgan fingerprint density at radius 1 is 1.15 bits per heavy atom. The summed E-state index contributed by atoms with van der Waals surface area (Å²) in [5.74, 6) is 0. The molecule has 1 atom stereocenters. The van der Waals surface area contributed by atoms with Gasteiger partial charge in [-0.25, -0.2) is 0 Å². The molecular weight excluding hydrogens is 265 g/mol. The van der Waals surface area contributed by atoms with E-state index in [4.69, 9.17) is 5.73 Å². The van der Waals surface area contributed by atoms with Crippen molar-refractivity contribution in [2.75, 3.05) is 6.54 Å². The van der Waals surface area contributed by atoms with Gasteiger partial charge in [0.1, 0.15) is 0 Å². The van der Waals surface area contributed by atoms with Gasteiger partial charge in [0.25, 0.3) is 0 Å². The Morgan fingerprint density at radius 3 is 2.40 bits per heavy atom. The first-order valence-corrected chi connectivity index (χ1v) is 7.14. The number of nitrogens with one attached hydrogen (secondary N) is 1. The van der Waals surface area contributed by atoms with E-state index < -0.39 is 17.8 Å². The van der Waals surface area contributed by atoms with E-state index in [9.17, 15) is 13.2 Å². The summed E-state index contributed by atoms with van der Waals surface area (Å²) in [5.41, 5.74) is 5.38. The SMILES string of the molecule is NCC(NC1CCCCC1)c1ccccc1C(F)(F)F. The first kappa shape index (κ1) is 15.3. The largest absolute Gasteiger partial charge is 0.416 e. The van der Waals surface area contributed by atoms with Gasteiger partial charge in [0.15, 0.2) is 0 Å². The third-order valence-electron chi connectivity index (χ3n) is 3.92. The molecule has 1 unspecified atom stereocenters. The second-order valence-electron chi connectivity index (χ2n) is 5.37. The van der Waals surface area contributed by atoms with Crippen LogP contribution in [0, 0.1) is 0 Å². The number of hydrogen-bond donors (Lipinski definition) is 2. The zero-order chi connectivity index (χ0) is 14.6. The van der Waals surface area contributed by atoms with Crippen LogP contribution in [0.25, 0.3) is 0 Å². The van der Waals surface area contributed by atoms with E-state index in [1.807, 2.05) is 0 Å². The summed E-state index contributed by atoms with van der Waals surface area (Å²) in [6.07, 6.45) is 1.18. The molecule has 2 nitrogen and oxygen atoms in total. The summed E-state index contributed by atoms with van der Waals surface area (Å²) in [6, 6.07) is 5.54. The van der Waals surface area contributed by atoms with Crippen LogP contribution in [0.4, 0.5) is 13.2 Å². The Balaban J connectivity index is 2.18. The maximum atomic E-state index is 13.1. The molecule has 0 spiro atoms. The van der Waals surface area contributed by atoms with Crippen LogP contribution in [0.3, 0.4) is 0 Å². The van der Waals surface area contributed by atoms with Crippen molar-refractivity contribution < 1.29 is 13.2 Å². The normalized spacial score (nSPS) is 19.0. The van der Waals surface area contributed by atoms with Crippen LogP contribution in [-0.4, -0.2) is 12.6 Å². The summed E-state index contributed by atoms with van der Waals surface area (Å²) < 4.78 is 39.2. The van der Waals surface area contributed by atoms with Crippen LogP contribution in [0.2, 0.25) is 0 Å². The summed E-state index contributed by atoms with van der Waals surface area (Å²) in [5, 5.41) is 3.31. The van der Waals surface area contributed by atoms with Gasteiger partial charge in [-0.05, 0) is 24.5 Å². The van der Waals surface area contributed by atoms with Gasteiger partial charge in [-0.15, -0.1) is 0 Å². The highest BCUT2D eigenvalue weighted by Gasteiger charge is 2.35. The van der Waals surface area contributed by atoms with Crippen LogP contribution in [-0.2, 0) is 6.18 Å². The third-order valence-corrected chi connectivity index (χ3v) is 3.92. The molecule has 1 aliphatic carbocycles. The molecule has 0 aromatic heterocycles. The number of halogens is 3. The Morgan fingerprint density at radius 2 is 1.80 bits per heavy atom. The zero-order valence-electron chi connectivity index (χ0n) is 11.4. The summed E-state index contributed by atoms with van der Waals surface area (Å²) in [7, 11) is 0. The Hall–Kier alpha value is -1.07. The number of nitrogens with two attached hydrogens (primary N) is 1. The topological polar surface area (TPSA) is 38.0 Å². The molecule has 1 aromatic rings. The van der Waals surface area contributed by atoms with Gasteiger partial charge in [0.05, 0.1) is 5.56 Å². The number of benzene rings is 1. The van der Waals surface area contributed by atoms with E-state index in [0.717, 1.165) is 31.7 Å². The first-order chi connectivity index (χ1) is 9.52. The number of rotatable bonds is 4. The van der Waals surface area contributed by atoms with Crippen molar-refractivity contribution in [2.24, 2.45) is 5.73 Å². The highest BCUT2D eigenvalue weighted by molar-refractivity contribution is 5.32. The maximum absolute atomic E-state index is 13.1. The number of alkyl halides is 3. The van der Waals surface area contributed by atoms with E-state index in [-0.39, 0.29) is 18.2 Å². The molecule has 0 saturated heterocycles. The molecule has 112 valence electrons. The van der Waals surface area contributed by atoms with Crippen LogP contribution < -0.4 is 11.1 Å². The molecule has 0 heterocycles. The lowest BCUT2D eigenvalue weighted by molar-refractivity contribution is -0.138. The van der Waals surface area contributed by atoms with Gasteiger partial charge >= 0.3 is 6.18 Å². The van der Waals surface area contributed by atoms with Gasteiger partial charge in [-0.2, -0.15) is 13.2 Å². The van der Waals surface area contributed by atoms with Gasteiger partial charge in [0, 0.05) is 18.6 Å². The average molecular weight is 286 g/mol. The van der Waals surface area contributed by atoms with Crippen molar-refractivity contribution in [1.29, 1.82) is 0 Å². The van der Waals surface area contributed by atoms with Gasteiger partial charge < -0.3 is 11.1 Å². The van der Waals surface area contributed by atoms with Crippen molar-refractivity contribution in [2.45, 2.75) is 50.4 Å². The van der Waals surface area contributed by atoms with Crippen LogP contribution in [0.1, 0.15) is 49.3 Å². The highest BCUT2D eigenvalue weighted by atomic mass is 19.4. The fraction of sp³-hybridized carbons (Fsp3) is 0.600. The van der Waals surface area contributed by atoms with Gasteiger partial charge in [-0.3, -0.25) is 0 Å². The van der Waals surface area contributed by atoms with E-state index >= 15 is 0 Å². The molecule has 0 amide bonds. The summed E-state index contributed by atoms with van der Waals surface area (Å²) in [4.78, 5) is 0. The van der Waals surface area contributed by atoms with E-state index in [1.165, 1.54) is 18.6 Å². The molecule has 0 bridgehead atoms. The lowest BCUT2D eigenvalue weighted by Gasteiger charge is -2.29. The van der Waals surface area contributed by atoms with Crippen LogP contribution in [0.15, 0.2) is 24.3 Å². The summed E-state index contributed by atoms with van der Waals surface area (Å²) >= 11 is 0. The lowest BCUT2D eigenvalue weighted by atomic mass is 9.93. The number of hydrogen-bond acceptors (Lipinski definition) is 2. The third kappa shape index (κ3) is 3.73. The minimum Gasteiger partial charge on any atom is -0.329 e. The molecule has 3 N–H and O–H groups in total. The molecule has 2 rings (SSSR count). The second kappa shape index (κ2) is 6.59. The average Bonchev–Trinajstić information content (AvgIpc) is 2.45. The van der Waals surface area contributed by atoms with E-state index in [1.54, 1.807) is 6.07 Å². The Labute approximate surface area is 117 Å². The molecule has 1 saturated carbocycles. The monoisotopic (exact) mass is 286 g/mol. The van der Waals surface area contributed by atoms with Crippen LogP contribution in [0.5, 0.6) is 0 Å². The molecular formula is C15H21F3N2. The van der Waals surface area contributed by atoms with Gasteiger partial charge in [0.2, 0.25) is 0 Å². The second-order valence-corrected chi connectivity index (χ2v) is 5.37. The first-order valence-electron chi connectivity index (χ1n) is 7.14. The Bertz CT molecular complexity index is 425. The van der Waals surface area contributed by atoms with Gasteiger partial charge in [-0.1, -0.05) is 37.5 Å². The fourth-order valence-corrected chi connectivity index (χ4v) is 2.90. The fourth-order valence-electron chi connectivity index (χ4n) is 2.90. The van der Waals surface area contributed by atoms with Crippen molar-refractivity contribution in [3.05, 3.63) is 35.4 Å². The van der Waals surface area contributed by atoms with Crippen LogP contribution >= 0.6 is 0 Å². The van der Waals surface area contributed by atoms with Crippen molar-refractivity contribution >= 4 is 0 Å². The zero-order valence-corrected chi connectivity index (χ0v) is 11.4. The Kier molecular flexibility index (Phi) is 5.05. The van der Waals surface area contributed by atoms with E-state index in [0.29, 0.717) is 0 Å². The minimum absolute atomic E-state index is 0.170. The minimum atomic E-state index is -4.34. The maximum Gasteiger partial charge on any atom is 0.416 e. The predicted molar refractivity (Wildman–Crippen MR) is 73.2 cm³/mol. The quantitative estimate of drug-likeness (QED) is 0.887. The standard InChI is InChI=1S/C15H21F3N2/c16-15(17,18)13-9-5-4-8-12(13)14(10-19)20-11-6-2-1-3-7-11/h4-5,8-9,11,14,20H,1-3,6-7,10,19H2. The molecule has 20 heavy (non-hydrogen) atoms. The van der Waals surface area contributed by atoms with Crippen molar-refractivity contribution in [3.8, 4) is 0 Å². The smallest absolute Gasteiger partial charge is 0.329 e. The molecule has 1 aliphatic rings.